The van der Waals surface area contributed by atoms with Crippen LogP contribution in [0.2, 0.25) is 0 Å². The Balaban J connectivity index is 2.21. The fourth-order valence-corrected chi connectivity index (χ4v) is 2.19. The van der Waals surface area contributed by atoms with E-state index < -0.39 is 5.60 Å². The van der Waals surface area contributed by atoms with Crippen molar-refractivity contribution >= 4 is 17.6 Å². The topological polar surface area (TPSA) is 43.4 Å². The second-order valence-corrected chi connectivity index (χ2v) is 4.45. The molecule has 1 aliphatic carbocycles. The highest BCUT2D eigenvalue weighted by molar-refractivity contribution is 5.98. The van der Waals surface area contributed by atoms with Crippen molar-refractivity contribution in [2.45, 2.75) is 18.4 Å². The van der Waals surface area contributed by atoms with Gasteiger partial charge in [-0.1, -0.05) is 42.5 Å². The summed E-state index contributed by atoms with van der Waals surface area (Å²) in [6.45, 7) is 0. The van der Waals surface area contributed by atoms with Crippen molar-refractivity contribution in [3.8, 4) is 0 Å². The Hall–Kier alpha value is -2.00. The number of hydrogen-bond donors (Lipinski definition) is 0. The summed E-state index contributed by atoms with van der Waals surface area (Å²) >= 11 is 0. The first-order valence-electron chi connectivity index (χ1n) is 6.19. The van der Waals surface area contributed by atoms with Gasteiger partial charge in [-0.3, -0.25) is 4.79 Å². The third-order valence-electron chi connectivity index (χ3n) is 3.37. The summed E-state index contributed by atoms with van der Waals surface area (Å²) in [6, 6.07) is 9.94. The van der Waals surface area contributed by atoms with E-state index in [1.807, 2.05) is 42.5 Å². The van der Waals surface area contributed by atoms with Gasteiger partial charge < -0.3 is 9.53 Å². The Morgan fingerprint density at radius 3 is 2.63 bits per heavy atom. The van der Waals surface area contributed by atoms with Crippen LogP contribution in [0.5, 0.6) is 0 Å². The van der Waals surface area contributed by atoms with Crippen LogP contribution >= 0.6 is 0 Å². The number of rotatable bonds is 5. The van der Waals surface area contributed by atoms with Crippen molar-refractivity contribution in [3.05, 3.63) is 54.1 Å². The average Bonchev–Trinajstić information content (AvgIpc) is 2.48. The predicted octanol–water partition coefficient (Wildman–Crippen LogP) is 2.57. The van der Waals surface area contributed by atoms with E-state index in [4.69, 9.17) is 4.74 Å². The molecule has 0 spiro atoms. The molecule has 2 rings (SSSR count). The summed E-state index contributed by atoms with van der Waals surface area (Å²) in [5, 5.41) is 0. The Labute approximate surface area is 112 Å². The number of allylic oxidation sites excluding steroid dienone is 2. The third kappa shape index (κ3) is 2.71. The van der Waals surface area contributed by atoms with Gasteiger partial charge in [0.2, 0.25) is 0 Å². The summed E-state index contributed by atoms with van der Waals surface area (Å²) in [4.78, 5) is 22.4. The highest BCUT2D eigenvalue weighted by Gasteiger charge is 2.35. The normalized spacial score (nSPS) is 21.8. The standard InChI is InChI=1S/C16H16O3/c1-19-16(15(18)9-12-17)10-7-14(8-11-16)13-5-3-2-4-6-13/h2-8,10,12H,9,11H2,1H3. The number of methoxy groups -OCH3 is 1. The maximum atomic E-state index is 12.0. The van der Waals surface area contributed by atoms with E-state index in [0.29, 0.717) is 12.7 Å². The molecule has 1 aliphatic rings. The summed E-state index contributed by atoms with van der Waals surface area (Å²) in [5.74, 6) is -0.204. The molecule has 1 unspecified atom stereocenters. The molecule has 3 heteroatoms. The van der Waals surface area contributed by atoms with Crippen molar-refractivity contribution < 1.29 is 14.3 Å². The van der Waals surface area contributed by atoms with E-state index in [9.17, 15) is 9.59 Å². The molecule has 3 nitrogen and oxygen atoms in total. The fraction of sp³-hybridized carbons (Fsp3) is 0.250. The van der Waals surface area contributed by atoms with Gasteiger partial charge in [0.15, 0.2) is 5.78 Å². The lowest BCUT2D eigenvalue weighted by Gasteiger charge is -2.29. The van der Waals surface area contributed by atoms with Crippen LogP contribution in [-0.4, -0.2) is 24.8 Å². The molecular weight excluding hydrogens is 240 g/mol. The molecule has 1 atom stereocenters. The van der Waals surface area contributed by atoms with Crippen molar-refractivity contribution in [1.82, 2.24) is 0 Å². The van der Waals surface area contributed by atoms with Gasteiger partial charge in [-0.2, -0.15) is 0 Å². The van der Waals surface area contributed by atoms with Crippen molar-refractivity contribution in [3.63, 3.8) is 0 Å². The van der Waals surface area contributed by atoms with Crippen LogP contribution in [0.3, 0.4) is 0 Å². The van der Waals surface area contributed by atoms with Crippen LogP contribution < -0.4 is 0 Å². The first-order chi connectivity index (χ1) is 9.22. The molecule has 1 aromatic rings. The minimum absolute atomic E-state index is 0.118. The molecule has 0 aromatic heterocycles. The molecule has 98 valence electrons. The zero-order valence-corrected chi connectivity index (χ0v) is 10.8. The average molecular weight is 256 g/mol. The zero-order valence-electron chi connectivity index (χ0n) is 10.8. The smallest absolute Gasteiger partial charge is 0.175 e. The quantitative estimate of drug-likeness (QED) is 0.600. The van der Waals surface area contributed by atoms with Gasteiger partial charge in [-0.05, 0) is 17.2 Å². The molecular formula is C16H16O3. The van der Waals surface area contributed by atoms with E-state index in [1.54, 1.807) is 6.08 Å². The van der Waals surface area contributed by atoms with Crippen LogP contribution in [-0.2, 0) is 14.3 Å². The lowest BCUT2D eigenvalue weighted by molar-refractivity contribution is -0.136. The highest BCUT2D eigenvalue weighted by atomic mass is 16.5. The second-order valence-electron chi connectivity index (χ2n) is 4.45. The van der Waals surface area contributed by atoms with Gasteiger partial charge >= 0.3 is 0 Å². The molecule has 1 aromatic carbocycles. The van der Waals surface area contributed by atoms with Gasteiger partial charge in [0, 0.05) is 13.5 Å². The SMILES string of the molecule is COC1(C(=O)CC=O)C=CC(c2ccccc2)=CC1. The number of benzene rings is 1. The van der Waals surface area contributed by atoms with Crippen LogP contribution in [0.15, 0.2) is 48.6 Å². The Kier molecular flexibility index (Phi) is 4.07. The largest absolute Gasteiger partial charge is 0.366 e. The number of carbonyl (C=O) groups excluding carboxylic acids is 2. The van der Waals surface area contributed by atoms with Gasteiger partial charge in [-0.25, -0.2) is 0 Å². The van der Waals surface area contributed by atoms with E-state index in [2.05, 4.69) is 0 Å². The van der Waals surface area contributed by atoms with Crippen LogP contribution in [0, 0.1) is 0 Å². The molecule has 0 fully saturated rings. The number of ether oxygens (including phenoxy) is 1. The minimum Gasteiger partial charge on any atom is -0.366 e. The predicted molar refractivity (Wildman–Crippen MR) is 73.6 cm³/mol. The van der Waals surface area contributed by atoms with Crippen molar-refractivity contribution in [2.75, 3.05) is 7.11 Å². The van der Waals surface area contributed by atoms with Gasteiger partial charge in [-0.15, -0.1) is 0 Å². The molecule has 0 N–H and O–H groups in total. The lowest BCUT2D eigenvalue weighted by atomic mass is 9.85. The van der Waals surface area contributed by atoms with Crippen LogP contribution in [0.25, 0.3) is 5.57 Å². The minimum atomic E-state index is -0.987. The van der Waals surface area contributed by atoms with Gasteiger partial charge in [0.1, 0.15) is 11.9 Å². The first-order valence-corrected chi connectivity index (χ1v) is 6.19. The maximum absolute atomic E-state index is 12.0. The molecule has 0 amide bonds. The molecule has 0 saturated heterocycles. The molecule has 0 heterocycles. The van der Waals surface area contributed by atoms with Crippen LogP contribution in [0.4, 0.5) is 0 Å². The zero-order chi connectivity index (χ0) is 13.7. The molecule has 0 bridgehead atoms. The molecule has 0 aliphatic heterocycles. The van der Waals surface area contributed by atoms with Gasteiger partial charge in [0.25, 0.3) is 0 Å². The lowest BCUT2D eigenvalue weighted by Crippen LogP contribution is -2.39. The summed E-state index contributed by atoms with van der Waals surface area (Å²) in [7, 11) is 1.49. The van der Waals surface area contributed by atoms with Crippen molar-refractivity contribution in [1.29, 1.82) is 0 Å². The van der Waals surface area contributed by atoms with Crippen molar-refractivity contribution in [2.24, 2.45) is 0 Å². The van der Waals surface area contributed by atoms with E-state index in [-0.39, 0.29) is 12.2 Å². The molecule has 0 saturated carbocycles. The van der Waals surface area contributed by atoms with E-state index in [0.717, 1.165) is 11.1 Å². The molecule has 0 radical (unpaired) electrons. The number of ketones is 1. The van der Waals surface area contributed by atoms with Gasteiger partial charge in [0.05, 0.1) is 6.42 Å². The number of hydrogen-bond acceptors (Lipinski definition) is 3. The highest BCUT2D eigenvalue weighted by Crippen LogP contribution is 2.30. The maximum Gasteiger partial charge on any atom is 0.175 e. The summed E-state index contributed by atoms with van der Waals surface area (Å²) in [6.07, 6.45) is 6.56. The third-order valence-corrected chi connectivity index (χ3v) is 3.37. The summed E-state index contributed by atoms with van der Waals surface area (Å²) in [5.41, 5.74) is 1.18. The van der Waals surface area contributed by atoms with E-state index in [1.165, 1.54) is 7.11 Å². The number of aldehydes is 1. The van der Waals surface area contributed by atoms with Crippen LogP contribution in [0.1, 0.15) is 18.4 Å². The number of Topliss-reactive ketones (excluding diaryl/α,β-unsaturated/α-hetero) is 1. The second kappa shape index (κ2) is 5.76. The fourth-order valence-electron chi connectivity index (χ4n) is 2.19. The summed E-state index contributed by atoms with van der Waals surface area (Å²) < 4.78 is 5.34. The Morgan fingerprint density at radius 1 is 1.37 bits per heavy atom. The van der Waals surface area contributed by atoms with E-state index >= 15 is 0 Å². The Bertz CT molecular complexity index is 528. The number of carbonyl (C=O) groups is 2. The first kappa shape index (κ1) is 13.4. The monoisotopic (exact) mass is 256 g/mol. The Morgan fingerprint density at radius 2 is 2.11 bits per heavy atom. The molecule has 19 heavy (non-hydrogen) atoms.